The van der Waals surface area contributed by atoms with E-state index in [9.17, 15) is 0 Å². The molecule has 0 bridgehead atoms. The average molecular weight is 294 g/mol. The van der Waals surface area contributed by atoms with Crippen LogP contribution in [0, 0.1) is 0 Å². The van der Waals surface area contributed by atoms with Gasteiger partial charge in [-0.3, -0.25) is 10.4 Å². The first-order chi connectivity index (χ1) is 9.70. The number of nitrogens with two attached hydrogens (primary N) is 1. The van der Waals surface area contributed by atoms with Gasteiger partial charge in [-0.25, -0.2) is 4.98 Å². The highest BCUT2D eigenvalue weighted by atomic mass is 32.1. The number of aromatic nitrogens is 2. The van der Waals surface area contributed by atoms with Gasteiger partial charge in [0.25, 0.3) is 0 Å². The molecule has 1 fully saturated rings. The fourth-order valence-electron chi connectivity index (χ4n) is 1.90. The first kappa shape index (κ1) is 14.4. The molecule has 0 amide bonds. The van der Waals surface area contributed by atoms with E-state index in [-0.39, 0.29) is 5.84 Å². The molecule has 1 aliphatic heterocycles. The van der Waals surface area contributed by atoms with Crippen LogP contribution >= 0.6 is 12.2 Å². The molecule has 0 unspecified atom stereocenters. The Hall–Kier alpha value is -1.96. The van der Waals surface area contributed by atoms with E-state index in [4.69, 9.17) is 22.7 Å². The highest BCUT2D eigenvalue weighted by molar-refractivity contribution is 7.80. The Balaban J connectivity index is 1.97. The minimum atomic E-state index is 0.218. The molecule has 108 valence electrons. The zero-order chi connectivity index (χ0) is 14.4. The zero-order valence-electron chi connectivity index (χ0n) is 11.4. The van der Waals surface area contributed by atoms with Gasteiger partial charge in [0.1, 0.15) is 5.69 Å². The molecule has 7 nitrogen and oxygen atoms in total. The van der Waals surface area contributed by atoms with Crippen LogP contribution in [-0.4, -0.2) is 46.0 Å². The van der Waals surface area contributed by atoms with Gasteiger partial charge in [-0.2, -0.15) is 5.10 Å². The Labute approximate surface area is 123 Å². The number of nitrogens with one attached hydrogen (secondary N) is 1. The van der Waals surface area contributed by atoms with E-state index in [0.717, 1.165) is 25.9 Å². The van der Waals surface area contributed by atoms with Gasteiger partial charge in [-0.05, 0) is 31.5 Å². The van der Waals surface area contributed by atoms with E-state index in [1.807, 2.05) is 0 Å². The predicted octanol–water partition coefficient (Wildman–Crippen LogP) is 0.466. The molecule has 0 radical (unpaired) electrons. The van der Waals surface area contributed by atoms with E-state index in [1.54, 1.807) is 0 Å². The maximum atomic E-state index is 5.85. The minimum absolute atomic E-state index is 0.218. The lowest BCUT2D eigenvalue weighted by molar-refractivity contribution is 0.338. The number of hydrogen-bond donors (Lipinski definition) is 2. The van der Waals surface area contributed by atoms with Gasteiger partial charge in [0.05, 0.1) is 19.5 Å². The van der Waals surface area contributed by atoms with E-state index >= 15 is 0 Å². The average Bonchev–Trinajstić information content (AvgIpc) is 2.53. The quantitative estimate of drug-likeness (QED) is 0.362. The van der Waals surface area contributed by atoms with Gasteiger partial charge in [0.2, 0.25) is 5.88 Å². The molecule has 2 rings (SSSR count). The second kappa shape index (κ2) is 6.99. The molecule has 1 aromatic rings. The summed E-state index contributed by atoms with van der Waals surface area (Å²) >= 11 is 5.28. The Morgan fingerprint density at radius 1 is 1.40 bits per heavy atom. The van der Waals surface area contributed by atoms with Crippen LogP contribution < -0.4 is 15.9 Å². The Morgan fingerprint density at radius 2 is 2.15 bits per heavy atom. The van der Waals surface area contributed by atoms with Gasteiger partial charge in [-0.1, -0.05) is 0 Å². The number of rotatable bonds is 3. The van der Waals surface area contributed by atoms with Crippen LogP contribution in [0.4, 0.5) is 0 Å². The van der Waals surface area contributed by atoms with Crippen molar-refractivity contribution in [2.45, 2.75) is 19.3 Å². The van der Waals surface area contributed by atoms with Gasteiger partial charge in [-0.15, -0.1) is 0 Å². The Bertz CT molecular complexity index is 500. The first-order valence-electron chi connectivity index (χ1n) is 6.45. The molecule has 0 spiro atoms. The summed E-state index contributed by atoms with van der Waals surface area (Å²) in [4.78, 5) is 10.2. The molecule has 0 aliphatic carbocycles. The van der Waals surface area contributed by atoms with Crippen molar-refractivity contribution in [2.24, 2.45) is 10.8 Å². The van der Waals surface area contributed by atoms with E-state index < -0.39 is 0 Å². The molecule has 0 saturated carbocycles. The number of ether oxygens (including phenoxy) is 1. The normalized spacial score (nSPS) is 15.8. The van der Waals surface area contributed by atoms with Crippen molar-refractivity contribution in [3.8, 4) is 5.88 Å². The highest BCUT2D eigenvalue weighted by Crippen LogP contribution is 2.08. The van der Waals surface area contributed by atoms with Crippen molar-refractivity contribution >= 4 is 23.2 Å². The summed E-state index contributed by atoms with van der Waals surface area (Å²) in [6.45, 7) is 1.92. The number of hydrogen-bond acceptors (Lipinski definition) is 5. The Kier molecular flexibility index (Phi) is 5.05. The summed E-state index contributed by atoms with van der Waals surface area (Å²) in [5.74, 6) is 0.606. The smallest absolute Gasteiger partial charge is 0.232 e. The maximum absolute atomic E-state index is 5.85. The second-order valence-electron chi connectivity index (χ2n) is 4.41. The van der Waals surface area contributed by atoms with Crippen molar-refractivity contribution in [2.75, 3.05) is 20.2 Å². The van der Waals surface area contributed by atoms with E-state index in [0.29, 0.717) is 16.7 Å². The molecular weight excluding hydrogens is 276 g/mol. The molecular formula is C12H18N6OS. The molecule has 2 heterocycles. The summed E-state index contributed by atoms with van der Waals surface area (Å²) in [6, 6.07) is 0. The number of amidine groups is 1. The monoisotopic (exact) mass is 294 g/mol. The molecule has 3 N–H and O–H groups in total. The van der Waals surface area contributed by atoms with Gasteiger partial charge >= 0.3 is 0 Å². The maximum Gasteiger partial charge on any atom is 0.232 e. The summed E-state index contributed by atoms with van der Waals surface area (Å²) in [7, 11) is 1.52. The largest absolute Gasteiger partial charge is 0.480 e. The molecule has 1 aliphatic rings. The fraction of sp³-hybridized carbons (Fsp3) is 0.500. The third kappa shape index (κ3) is 3.77. The number of methoxy groups -OCH3 is 1. The van der Waals surface area contributed by atoms with Gasteiger partial charge < -0.3 is 15.4 Å². The molecule has 1 saturated heterocycles. The lowest BCUT2D eigenvalue weighted by Crippen LogP contribution is -2.41. The fourth-order valence-corrected chi connectivity index (χ4v) is 2.13. The number of nitrogens with zero attached hydrogens (tertiary/aromatic N) is 4. The number of likely N-dealkylation sites (tertiary alicyclic amines) is 1. The lowest BCUT2D eigenvalue weighted by atomic mass is 10.1. The summed E-state index contributed by atoms with van der Waals surface area (Å²) in [5, 5.41) is 4.64. The van der Waals surface area contributed by atoms with Crippen LogP contribution in [0.25, 0.3) is 0 Å². The standard InChI is InChI=1S/C12H18N6OS/c1-19-10-8-14-7-9(15-10)11(13)16-17-12(20)18-5-3-2-4-6-18/h7-8H,2-6H2,1H3,(H2,13,16)(H,17,20). The summed E-state index contributed by atoms with van der Waals surface area (Å²) in [6.07, 6.45) is 6.59. The van der Waals surface area contributed by atoms with Crippen molar-refractivity contribution in [3.63, 3.8) is 0 Å². The van der Waals surface area contributed by atoms with Crippen LogP contribution in [0.3, 0.4) is 0 Å². The topological polar surface area (TPSA) is 88.7 Å². The van der Waals surface area contributed by atoms with Crippen molar-refractivity contribution in [3.05, 3.63) is 18.1 Å². The van der Waals surface area contributed by atoms with Crippen molar-refractivity contribution < 1.29 is 4.74 Å². The van der Waals surface area contributed by atoms with Crippen molar-refractivity contribution in [1.29, 1.82) is 0 Å². The molecule has 20 heavy (non-hydrogen) atoms. The highest BCUT2D eigenvalue weighted by Gasteiger charge is 2.13. The van der Waals surface area contributed by atoms with Crippen molar-refractivity contribution in [1.82, 2.24) is 20.3 Å². The third-order valence-electron chi connectivity index (χ3n) is 3.00. The van der Waals surface area contributed by atoms with E-state index in [2.05, 4.69) is 25.4 Å². The Morgan fingerprint density at radius 3 is 2.85 bits per heavy atom. The number of hydrazone groups is 1. The zero-order valence-corrected chi connectivity index (χ0v) is 12.2. The predicted molar refractivity (Wildman–Crippen MR) is 80.5 cm³/mol. The van der Waals surface area contributed by atoms with Crippen LogP contribution in [0.1, 0.15) is 25.0 Å². The molecule has 1 aromatic heterocycles. The van der Waals surface area contributed by atoms with Gasteiger partial charge in [0.15, 0.2) is 10.9 Å². The number of thiocarbonyl (C=S) groups is 1. The SMILES string of the molecule is COc1cncc(/C(N)=N\NC(=S)N2CCCCC2)n1. The molecule has 8 heteroatoms. The van der Waals surface area contributed by atoms with Gasteiger partial charge in [0, 0.05) is 13.1 Å². The minimum Gasteiger partial charge on any atom is -0.480 e. The summed E-state index contributed by atoms with van der Waals surface area (Å²) in [5.41, 5.74) is 9.09. The lowest BCUT2D eigenvalue weighted by Gasteiger charge is -2.28. The molecule has 0 aromatic carbocycles. The molecule has 0 atom stereocenters. The summed E-state index contributed by atoms with van der Waals surface area (Å²) < 4.78 is 4.99. The van der Waals surface area contributed by atoms with Crippen LogP contribution in [0.2, 0.25) is 0 Å². The number of piperidine rings is 1. The van der Waals surface area contributed by atoms with Crippen LogP contribution in [-0.2, 0) is 0 Å². The third-order valence-corrected chi connectivity index (χ3v) is 3.35. The second-order valence-corrected chi connectivity index (χ2v) is 4.80. The van der Waals surface area contributed by atoms with Crippen LogP contribution in [0.15, 0.2) is 17.5 Å². The van der Waals surface area contributed by atoms with Crippen LogP contribution in [0.5, 0.6) is 5.88 Å². The van der Waals surface area contributed by atoms with E-state index in [1.165, 1.54) is 25.9 Å². The first-order valence-corrected chi connectivity index (χ1v) is 6.86.